The summed E-state index contributed by atoms with van der Waals surface area (Å²) in [5.74, 6) is -0.521. The predicted molar refractivity (Wildman–Crippen MR) is 53.6 cm³/mol. The molecular formula is C11H9NO3. The van der Waals surface area contributed by atoms with Crippen LogP contribution < -0.4 is 0 Å². The summed E-state index contributed by atoms with van der Waals surface area (Å²) >= 11 is 0. The lowest BCUT2D eigenvalue weighted by Gasteiger charge is -2.01. The average Bonchev–Trinajstić information content (AvgIpc) is 2.69. The number of oxazole rings is 1. The summed E-state index contributed by atoms with van der Waals surface area (Å²) in [6, 6.07) is 4.98. The fourth-order valence-corrected chi connectivity index (χ4v) is 1.40. The number of aromatic carboxylic acids is 1. The van der Waals surface area contributed by atoms with E-state index in [1.54, 1.807) is 12.1 Å². The summed E-state index contributed by atoms with van der Waals surface area (Å²) in [4.78, 5) is 14.8. The van der Waals surface area contributed by atoms with Crippen LogP contribution in [-0.2, 0) is 0 Å². The topological polar surface area (TPSA) is 63.3 Å². The smallest absolute Gasteiger partial charge is 0.335 e. The van der Waals surface area contributed by atoms with Gasteiger partial charge >= 0.3 is 5.97 Å². The molecule has 0 aliphatic carbocycles. The quantitative estimate of drug-likeness (QED) is 0.813. The number of hydrogen-bond acceptors (Lipinski definition) is 3. The molecule has 0 radical (unpaired) electrons. The van der Waals surface area contributed by atoms with Gasteiger partial charge in [-0.2, -0.15) is 0 Å². The van der Waals surface area contributed by atoms with Crippen LogP contribution in [0.5, 0.6) is 0 Å². The predicted octanol–water partition coefficient (Wildman–Crippen LogP) is 2.35. The zero-order chi connectivity index (χ0) is 10.8. The van der Waals surface area contributed by atoms with Crippen molar-refractivity contribution in [3.8, 4) is 11.5 Å². The molecule has 0 saturated heterocycles. The molecule has 1 N–H and O–H groups in total. The monoisotopic (exact) mass is 203 g/mol. The number of benzene rings is 1. The van der Waals surface area contributed by atoms with Gasteiger partial charge in [0.2, 0.25) is 5.89 Å². The van der Waals surface area contributed by atoms with Gasteiger partial charge in [0.05, 0.1) is 11.8 Å². The van der Waals surface area contributed by atoms with Crippen LogP contribution in [-0.4, -0.2) is 16.1 Å². The van der Waals surface area contributed by atoms with Gasteiger partial charge in [0.1, 0.15) is 6.26 Å². The van der Waals surface area contributed by atoms with E-state index in [1.807, 2.05) is 13.0 Å². The Labute approximate surface area is 86.2 Å². The third kappa shape index (κ3) is 1.88. The molecule has 2 rings (SSSR count). The van der Waals surface area contributed by atoms with Crippen LogP contribution >= 0.6 is 0 Å². The average molecular weight is 203 g/mol. The van der Waals surface area contributed by atoms with Gasteiger partial charge in [-0.05, 0) is 30.7 Å². The Kier molecular flexibility index (Phi) is 2.25. The van der Waals surface area contributed by atoms with E-state index in [-0.39, 0.29) is 5.56 Å². The molecule has 0 fully saturated rings. The molecule has 4 heteroatoms. The maximum absolute atomic E-state index is 10.8. The van der Waals surface area contributed by atoms with Crippen LogP contribution in [0, 0.1) is 6.92 Å². The zero-order valence-electron chi connectivity index (χ0n) is 8.10. The van der Waals surface area contributed by atoms with Gasteiger partial charge in [-0.1, -0.05) is 0 Å². The second-order valence-corrected chi connectivity index (χ2v) is 3.23. The number of aryl methyl sites for hydroxylation is 1. The molecule has 0 aliphatic heterocycles. The molecule has 2 aromatic rings. The Morgan fingerprint density at radius 1 is 1.40 bits per heavy atom. The first-order valence-corrected chi connectivity index (χ1v) is 4.41. The fraction of sp³-hybridized carbons (Fsp3) is 0.0909. The molecule has 0 unspecified atom stereocenters. The molecule has 0 atom stereocenters. The molecule has 4 nitrogen and oxygen atoms in total. The van der Waals surface area contributed by atoms with Crippen LogP contribution in [0.3, 0.4) is 0 Å². The summed E-state index contributed by atoms with van der Waals surface area (Å²) < 4.78 is 5.11. The largest absolute Gasteiger partial charge is 0.478 e. The number of carboxylic acids is 1. The third-order valence-corrected chi connectivity index (χ3v) is 2.00. The first kappa shape index (κ1) is 9.45. The van der Waals surface area contributed by atoms with Crippen LogP contribution in [0.15, 0.2) is 35.1 Å². The standard InChI is InChI=1S/C11H9NO3/c1-7-4-8(10-12-2-3-15-10)6-9(5-7)11(13)14/h2-6H,1H3,(H,13,14). The summed E-state index contributed by atoms with van der Waals surface area (Å²) in [6.07, 6.45) is 2.98. The second kappa shape index (κ2) is 3.57. The Hall–Kier alpha value is -2.10. The van der Waals surface area contributed by atoms with Gasteiger partial charge in [0.25, 0.3) is 0 Å². The minimum absolute atomic E-state index is 0.239. The number of carboxylic acid groups (broad SMARTS) is 1. The van der Waals surface area contributed by atoms with Gasteiger partial charge in [0.15, 0.2) is 0 Å². The van der Waals surface area contributed by atoms with E-state index < -0.39 is 5.97 Å². The van der Waals surface area contributed by atoms with Gasteiger partial charge in [-0.15, -0.1) is 0 Å². The fourth-order valence-electron chi connectivity index (χ4n) is 1.40. The van der Waals surface area contributed by atoms with E-state index >= 15 is 0 Å². The number of hydrogen-bond donors (Lipinski definition) is 1. The molecular weight excluding hydrogens is 194 g/mol. The lowest BCUT2D eigenvalue weighted by Crippen LogP contribution is -1.97. The first-order valence-electron chi connectivity index (χ1n) is 4.41. The highest BCUT2D eigenvalue weighted by atomic mass is 16.4. The van der Waals surface area contributed by atoms with E-state index in [4.69, 9.17) is 9.52 Å². The first-order chi connectivity index (χ1) is 7.16. The maximum atomic E-state index is 10.8. The molecule has 0 amide bonds. The van der Waals surface area contributed by atoms with E-state index in [9.17, 15) is 4.79 Å². The molecule has 0 bridgehead atoms. The van der Waals surface area contributed by atoms with Crippen molar-refractivity contribution in [2.24, 2.45) is 0 Å². The Bertz CT molecular complexity index is 489. The van der Waals surface area contributed by atoms with Crippen LogP contribution in [0.4, 0.5) is 0 Å². The van der Waals surface area contributed by atoms with E-state index in [0.717, 1.165) is 5.56 Å². The van der Waals surface area contributed by atoms with Crippen LogP contribution in [0.25, 0.3) is 11.5 Å². The van der Waals surface area contributed by atoms with Gasteiger partial charge in [-0.3, -0.25) is 0 Å². The van der Waals surface area contributed by atoms with E-state index in [1.165, 1.54) is 12.5 Å². The lowest BCUT2D eigenvalue weighted by molar-refractivity contribution is 0.0697. The highest BCUT2D eigenvalue weighted by Gasteiger charge is 2.08. The number of rotatable bonds is 2. The van der Waals surface area contributed by atoms with Crippen LogP contribution in [0.2, 0.25) is 0 Å². The van der Waals surface area contributed by atoms with Crippen molar-refractivity contribution in [2.45, 2.75) is 6.92 Å². The minimum Gasteiger partial charge on any atom is -0.478 e. The van der Waals surface area contributed by atoms with Crippen molar-refractivity contribution in [2.75, 3.05) is 0 Å². The van der Waals surface area contributed by atoms with E-state index in [0.29, 0.717) is 11.5 Å². The summed E-state index contributed by atoms with van der Waals surface area (Å²) in [5, 5.41) is 8.88. The summed E-state index contributed by atoms with van der Waals surface area (Å²) in [6.45, 7) is 1.83. The highest BCUT2D eigenvalue weighted by molar-refractivity contribution is 5.89. The van der Waals surface area contributed by atoms with Crippen molar-refractivity contribution >= 4 is 5.97 Å². The molecule has 76 valence electrons. The second-order valence-electron chi connectivity index (χ2n) is 3.23. The number of aromatic nitrogens is 1. The zero-order valence-corrected chi connectivity index (χ0v) is 8.10. The van der Waals surface area contributed by atoms with E-state index in [2.05, 4.69) is 4.98 Å². The highest BCUT2D eigenvalue weighted by Crippen LogP contribution is 2.20. The van der Waals surface area contributed by atoms with Crippen molar-refractivity contribution in [1.82, 2.24) is 4.98 Å². The third-order valence-electron chi connectivity index (χ3n) is 2.00. The molecule has 1 aromatic carbocycles. The molecule has 1 aromatic heterocycles. The van der Waals surface area contributed by atoms with Crippen molar-refractivity contribution in [3.05, 3.63) is 41.8 Å². The Balaban J connectivity index is 2.54. The van der Waals surface area contributed by atoms with Crippen molar-refractivity contribution in [1.29, 1.82) is 0 Å². The minimum atomic E-state index is -0.952. The molecule has 0 saturated carbocycles. The van der Waals surface area contributed by atoms with Gasteiger partial charge < -0.3 is 9.52 Å². The Morgan fingerprint density at radius 2 is 2.20 bits per heavy atom. The SMILES string of the molecule is Cc1cc(C(=O)O)cc(-c2ncco2)c1. The number of carbonyl (C=O) groups is 1. The summed E-state index contributed by atoms with van der Waals surface area (Å²) in [7, 11) is 0. The van der Waals surface area contributed by atoms with Crippen LogP contribution in [0.1, 0.15) is 15.9 Å². The normalized spacial score (nSPS) is 10.2. The van der Waals surface area contributed by atoms with Gasteiger partial charge in [-0.25, -0.2) is 9.78 Å². The summed E-state index contributed by atoms with van der Waals surface area (Å²) in [5.41, 5.74) is 1.78. The molecule has 1 heterocycles. The lowest BCUT2D eigenvalue weighted by atomic mass is 10.1. The molecule has 0 aliphatic rings. The number of nitrogens with zero attached hydrogens (tertiary/aromatic N) is 1. The van der Waals surface area contributed by atoms with Gasteiger partial charge in [0, 0.05) is 5.56 Å². The maximum Gasteiger partial charge on any atom is 0.335 e. The van der Waals surface area contributed by atoms with Crippen molar-refractivity contribution < 1.29 is 14.3 Å². The molecule has 0 spiro atoms. The Morgan fingerprint density at radius 3 is 2.80 bits per heavy atom. The van der Waals surface area contributed by atoms with Crippen molar-refractivity contribution in [3.63, 3.8) is 0 Å². The molecule has 15 heavy (non-hydrogen) atoms.